The molecule has 4 aromatic rings. The summed E-state index contributed by atoms with van der Waals surface area (Å²) in [5.41, 5.74) is 3.02. The highest BCUT2D eigenvalue weighted by Crippen LogP contribution is 2.31. The molecule has 0 N–H and O–H groups in total. The van der Waals surface area contributed by atoms with E-state index in [0.29, 0.717) is 11.7 Å². The van der Waals surface area contributed by atoms with Gasteiger partial charge in [0.15, 0.2) is 5.13 Å². The van der Waals surface area contributed by atoms with Gasteiger partial charge in [-0.05, 0) is 47.7 Å². The number of carbonyl (C=O) groups is 1. The summed E-state index contributed by atoms with van der Waals surface area (Å²) in [5.74, 6) is -0.0936. The zero-order valence-electron chi connectivity index (χ0n) is 14.7. The molecule has 0 spiro atoms. The SMILES string of the molecule is Cc1cccc2sc(N(Cc3cccnc3)C(=O)/C=C/c3cccs3)nc12. The molecule has 3 aromatic heterocycles. The number of hydrogen-bond donors (Lipinski definition) is 0. The molecule has 4 rings (SSSR count). The number of aryl methyl sites for hydroxylation is 1. The van der Waals surface area contributed by atoms with E-state index in [1.165, 1.54) is 11.3 Å². The summed E-state index contributed by atoms with van der Waals surface area (Å²) in [6, 6.07) is 13.9. The number of thiophene rings is 1. The second-order valence-electron chi connectivity index (χ2n) is 6.05. The second kappa shape index (κ2) is 7.82. The van der Waals surface area contributed by atoms with Crippen LogP contribution in [0.15, 0.2) is 66.3 Å². The van der Waals surface area contributed by atoms with Crippen LogP contribution < -0.4 is 4.90 Å². The average molecular weight is 392 g/mol. The number of anilines is 1. The zero-order chi connectivity index (χ0) is 18.6. The number of thiazole rings is 1. The van der Waals surface area contributed by atoms with Gasteiger partial charge in [0, 0.05) is 23.3 Å². The van der Waals surface area contributed by atoms with Crippen molar-refractivity contribution >= 4 is 50.0 Å². The maximum atomic E-state index is 13.0. The lowest BCUT2D eigenvalue weighted by Gasteiger charge is -2.18. The highest BCUT2D eigenvalue weighted by atomic mass is 32.1. The van der Waals surface area contributed by atoms with Crippen molar-refractivity contribution in [3.05, 3.63) is 82.3 Å². The Morgan fingerprint density at radius 1 is 1.19 bits per heavy atom. The Morgan fingerprint density at radius 2 is 2.11 bits per heavy atom. The minimum absolute atomic E-state index is 0.0936. The molecule has 0 unspecified atom stereocenters. The quantitative estimate of drug-likeness (QED) is 0.433. The Morgan fingerprint density at radius 3 is 2.85 bits per heavy atom. The van der Waals surface area contributed by atoms with Crippen molar-refractivity contribution in [1.82, 2.24) is 9.97 Å². The van der Waals surface area contributed by atoms with Crippen LogP contribution in [0.5, 0.6) is 0 Å². The average Bonchev–Trinajstić information content (AvgIpc) is 3.35. The van der Waals surface area contributed by atoms with E-state index in [2.05, 4.69) is 4.98 Å². The van der Waals surface area contributed by atoms with Gasteiger partial charge in [-0.1, -0.05) is 35.6 Å². The minimum Gasteiger partial charge on any atom is -0.280 e. The molecule has 0 radical (unpaired) electrons. The lowest BCUT2D eigenvalue weighted by atomic mass is 10.2. The van der Waals surface area contributed by atoms with Crippen LogP contribution in [0.2, 0.25) is 0 Å². The number of carbonyl (C=O) groups excluding carboxylic acids is 1. The van der Waals surface area contributed by atoms with E-state index >= 15 is 0 Å². The van der Waals surface area contributed by atoms with Crippen molar-refractivity contribution in [2.24, 2.45) is 0 Å². The van der Waals surface area contributed by atoms with Gasteiger partial charge < -0.3 is 0 Å². The number of aromatic nitrogens is 2. The smallest absolute Gasteiger partial charge is 0.253 e. The monoisotopic (exact) mass is 391 g/mol. The summed E-state index contributed by atoms with van der Waals surface area (Å²) in [7, 11) is 0. The first kappa shape index (κ1) is 17.6. The van der Waals surface area contributed by atoms with Crippen molar-refractivity contribution in [2.75, 3.05) is 4.90 Å². The van der Waals surface area contributed by atoms with Crippen LogP contribution in [0.25, 0.3) is 16.3 Å². The predicted molar refractivity (Wildman–Crippen MR) is 113 cm³/mol. The van der Waals surface area contributed by atoms with Gasteiger partial charge in [-0.15, -0.1) is 11.3 Å². The third-order valence-electron chi connectivity index (χ3n) is 4.10. The Hall–Kier alpha value is -2.83. The predicted octanol–water partition coefficient (Wildman–Crippen LogP) is 5.31. The first-order valence-electron chi connectivity index (χ1n) is 8.49. The molecule has 0 fully saturated rings. The molecule has 0 saturated heterocycles. The summed E-state index contributed by atoms with van der Waals surface area (Å²) in [5, 5.41) is 2.69. The number of pyridine rings is 1. The van der Waals surface area contributed by atoms with Gasteiger partial charge in [0.05, 0.1) is 16.8 Å². The van der Waals surface area contributed by atoms with Crippen LogP contribution in [-0.2, 0) is 11.3 Å². The Bertz CT molecular complexity index is 1090. The summed E-state index contributed by atoms with van der Waals surface area (Å²) in [4.78, 5) is 24.7. The van der Waals surface area contributed by atoms with Crippen LogP contribution >= 0.6 is 22.7 Å². The fourth-order valence-electron chi connectivity index (χ4n) is 2.73. The molecule has 134 valence electrons. The molecule has 4 nitrogen and oxygen atoms in total. The zero-order valence-corrected chi connectivity index (χ0v) is 16.3. The number of hydrogen-bond acceptors (Lipinski definition) is 5. The summed E-state index contributed by atoms with van der Waals surface area (Å²) in [6.07, 6.45) is 6.97. The standard InChI is InChI=1S/C21H17N3OS2/c1-15-5-2-8-18-20(15)23-21(27-18)24(14-16-6-3-11-22-13-16)19(25)10-9-17-7-4-12-26-17/h2-13H,14H2,1H3/b10-9+. The molecule has 6 heteroatoms. The van der Waals surface area contributed by atoms with Gasteiger partial charge in [0.25, 0.3) is 5.91 Å². The normalized spacial score (nSPS) is 11.3. The molecule has 1 amide bonds. The number of rotatable bonds is 5. The lowest BCUT2D eigenvalue weighted by molar-refractivity contribution is -0.114. The van der Waals surface area contributed by atoms with Gasteiger partial charge in [0.2, 0.25) is 0 Å². The van der Waals surface area contributed by atoms with Crippen LogP contribution in [0, 0.1) is 6.92 Å². The fraction of sp³-hybridized carbons (Fsp3) is 0.0952. The molecule has 0 aliphatic carbocycles. The van der Waals surface area contributed by atoms with Gasteiger partial charge in [-0.2, -0.15) is 0 Å². The lowest BCUT2D eigenvalue weighted by Crippen LogP contribution is -2.28. The van der Waals surface area contributed by atoms with E-state index in [4.69, 9.17) is 4.98 Å². The maximum Gasteiger partial charge on any atom is 0.253 e. The molecule has 0 bridgehead atoms. The number of nitrogens with zero attached hydrogens (tertiary/aromatic N) is 3. The largest absolute Gasteiger partial charge is 0.280 e. The summed E-state index contributed by atoms with van der Waals surface area (Å²) in [6.45, 7) is 2.47. The molecular formula is C21H17N3OS2. The molecule has 0 atom stereocenters. The van der Waals surface area contributed by atoms with Crippen molar-refractivity contribution < 1.29 is 4.79 Å². The van der Waals surface area contributed by atoms with Crippen LogP contribution in [0.3, 0.4) is 0 Å². The van der Waals surface area contributed by atoms with Gasteiger partial charge in [-0.25, -0.2) is 4.98 Å². The molecule has 0 aliphatic heterocycles. The maximum absolute atomic E-state index is 13.0. The number of benzene rings is 1. The van der Waals surface area contributed by atoms with Gasteiger partial charge in [-0.3, -0.25) is 14.7 Å². The fourth-order valence-corrected chi connectivity index (χ4v) is 4.40. The molecule has 0 aliphatic rings. The molecule has 27 heavy (non-hydrogen) atoms. The Balaban J connectivity index is 1.70. The van der Waals surface area contributed by atoms with Crippen molar-refractivity contribution in [1.29, 1.82) is 0 Å². The van der Waals surface area contributed by atoms with Crippen LogP contribution in [0.4, 0.5) is 5.13 Å². The van der Waals surface area contributed by atoms with Gasteiger partial charge in [0.1, 0.15) is 0 Å². The van der Waals surface area contributed by atoms with E-state index in [0.717, 1.165) is 26.2 Å². The van der Waals surface area contributed by atoms with E-state index in [1.807, 2.05) is 60.8 Å². The van der Waals surface area contributed by atoms with Crippen LogP contribution in [-0.4, -0.2) is 15.9 Å². The summed E-state index contributed by atoms with van der Waals surface area (Å²) < 4.78 is 1.08. The van der Waals surface area contributed by atoms with E-state index in [1.54, 1.807) is 34.7 Å². The van der Waals surface area contributed by atoms with Crippen molar-refractivity contribution in [2.45, 2.75) is 13.5 Å². The Labute approximate surface area is 165 Å². The molecule has 0 saturated carbocycles. The van der Waals surface area contributed by atoms with E-state index < -0.39 is 0 Å². The highest BCUT2D eigenvalue weighted by Gasteiger charge is 2.19. The Kier molecular flexibility index (Phi) is 5.09. The number of amides is 1. The topological polar surface area (TPSA) is 46.1 Å². The second-order valence-corrected chi connectivity index (χ2v) is 8.04. The first-order chi connectivity index (χ1) is 13.2. The van der Waals surface area contributed by atoms with E-state index in [9.17, 15) is 4.79 Å². The molecule has 1 aromatic carbocycles. The number of para-hydroxylation sites is 1. The van der Waals surface area contributed by atoms with Crippen molar-refractivity contribution in [3.8, 4) is 0 Å². The van der Waals surface area contributed by atoms with Crippen molar-refractivity contribution in [3.63, 3.8) is 0 Å². The highest BCUT2D eigenvalue weighted by molar-refractivity contribution is 7.22. The van der Waals surface area contributed by atoms with E-state index in [-0.39, 0.29) is 5.91 Å². The number of fused-ring (bicyclic) bond motifs is 1. The third kappa shape index (κ3) is 3.97. The molecular weight excluding hydrogens is 374 g/mol. The minimum atomic E-state index is -0.0936. The van der Waals surface area contributed by atoms with Crippen LogP contribution in [0.1, 0.15) is 16.0 Å². The summed E-state index contributed by atoms with van der Waals surface area (Å²) >= 11 is 3.13. The van der Waals surface area contributed by atoms with Gasteiger partial charge >= 0.3 is 0 Å². The third-order valence-corrected chi connectivity index (χ3v) is 5.98. The first-order valence-corrected chi connectivity index (χ1v) is 10.2. The molecule has 3 heterocycles.